The molecule has 4 nitrogen and oxygen atoms in total. The molecule has 0 saturated carbocycles. The molecule has 0 aromatic heterocycles. The number of hydrogen-bond acceptors (Lipinski definition) is 3. The summed E-state index contributed by atoms with van der Waals surface area (Å²) in [4.78, 5) is 2.40. The van der Waals surface area contributed by atoms with Gasteiger partial charge in [0.25, 0.3) is 0 Å². The van der Waals surface area contributed by atoms with E-state index in [-0.39, 0.29) is 11.8 Å². The standard InChI is InChI=1S/C11H23N3O/c1-4-10-7-15-9(3)6-14(10)5-8(2)11(12)13/h8-10H,4-7H2,1-3H3,(H3,12,13). The number of rotatable bonds is 4. The lowest BCUT2D eigenvalue weighted by atomic mass is 10.1. The van der Waals surface area contributed by atoms with Crippen LogP contribution in [0.1, 0.15) is 27.2 Å². The Labute approximate surface area is 92.3 Å². The molecule has 3 N–H and O–H groups in total. The average Bonchev–Trinajstić information content (AvgIpc) is 2.18. The highest BCUT2D eigenvalue weighted by Gasteiger charge is 2.26. The maximum absolute atomic E-state index is 7.41. The first-order chi connectivity index (χ1) is 7.04. The first-order valence-electron chi connectivity index (χ1n) is 5.74. The molecule has 0 radical (unpaired) electrons. The number of nitrogens with zero attached hydrogens (tertiary/aromatic N) is 1. The van der Waals surface area contributed by atoms with E-state index in [2.05, 4.69) is 18.7 Å². The van der Waals surface area contributed by atoms with Crippen LogP contribution in [0, 0.1) is 11.3 Å². The van der Waals surface area contributed by atoms with E-state index in [0.29, 0.717) is 12.1 Å². The first-order valence-corrected chi connectivity index (χ1v) is 5.74. The molecule has 3 unspecified atom stereocenters. The molecular formula is C11H23N3O. The van der Waals surface area contributed by atoms with E-state index in [9.17, 15) is 0 Å². The van der Waals surface area contributed by atoms with Crippen molar-refractivity contribution in [3.05, 3.63) is 0 Å². The predicted molar refractivity (Wildman–Crippen MR) is 62.1 cm³/mol. The van der Waals surface area contributed by atoms with E-state index in [1.165, 1.54) is 0 Å². The van der Waals surface area contributed by atoms with Crippen molar-refractivity contribution in [3.8, 4) is 0 Å². The highest BCUT2D eigenvalue weighted by Crippen LogP contribution is 2.15. The zero-order valence-electron chi connectivity index (χ0n) is 9.99. The van der Waals surface area contributed by atoms with Crippen LogP contribution in [0.15, 0.2) is 0 Å². The van der Waals surface area contributed by atoms with E-state index >= 15 is 0 Å². The summed E-state index contributed by atoms with van der Waals surface area (Å²) in [6.45, 7) is 8.92. The number of nitrogens with two attached hydrogens (primary N) is 1. The van der Waals surface area contributed by atoms with Gasteiger partial charge in [0.2, 0.25) is 0 Å². The van der Waals surface area contributed by atoms with E-state index in [1.54, 1.807) is 0 Å². The molecule has 15 heavy (non-hydrogen) atoms. The van der Waals surface area contributed by atoms with Crippen LogP contribution in [0.25, 0.3) is 0 Å². The minimum atomic E-state index is 0.143. The van der Waals surface area contributed by atoms with Gasteiger partial charge in [-0.25, -0.2) is 0 Å². The van der Waals surface area contributed by atoms with Gasteiger partial charge in [-0.1, -0.05) is 13.8 Å². The van der Waals surface area contributed by atoms with Crippen LogP contribution < -0.4 is 5.73 Å². The fraction of sp³-hybridized carbons (Fsp3) is 0.909. The molecule has 1 aliphatic heterocycles. The lowest BCUT2D eigenvalue weighted by molar-refractivity contribution is -0.0576. The van der Waals surface area contributed by atoms with Gasteiger partial charge in [0.15, 0.2) is 0 Å². The van der Waals surface area contributed by atoms with Gasteiger partial charge < -0.3 is 10.5 Å². The van der Waals surface area contributed by atoms with E-state index in [0.717, 1.165) is 26.1 Å². The van der Waals surface area contributed by atoms with Gasteiger partial charge in [-0.2, -0.15) is 0 Å². The molecular weight excluding hydrogens is 190 g/mol. The first kappa shape index (κ1) is 12.5. The molecule has 0 aromatic rings. The van der Waals surface area contributed by atoms with Gasteiger partial charge in [0.05, 0.1) is 18.5 Å². The fourth-order valence-electron chi connectivity index (χ4n) is 1.96. The highest BCUT2D eigenvalue weighted by molar-refractivity contribution is 5.79. The van der Waals surface area contributed by atoms with E-state index in [1.807, 2.05) is 6.92 Å². The Morgan fingerprint density at radius 2 is 2.33 bits per heavy atom. The molecule has 0 aliphatic carbocycles. The normalized spacial score (nSPS) is 30.1. The zero-order valence-corrected chi connectivity index (χ0v) is 9.99. The van der Waals surface area contributed by atoms with Gasteiger partial charge in [-0.05, 0) is 13.3 Å². The van der Waals surface area contributed by atoms with Gasteiger partial charge in [-0.15, -0.1) is 0 Å². The highest BCUT2D eigenvalue weighted by atomic mass is 16.5. The Hall–Kier alpha value is -0.610. The second kappa shape index (κ2) is 5.47. The van der Waals surface area contributed by atoms with E-state index < -0.39 is 0 Å². The minimum absolute atomic E-state index is 0.143. The summed E-state index contributed by atoms with van der Waals surface area (Å²) in [5.74, 6) is 0.424. The smallest absolute Gasteiger partial charge is 0.0947 e. The summed E-state index contributed by atoms with van der Waals surface area (Å²) in [5, 5.41) is 7.41. The summed E-state index contributed by atoms with van der Waals surface area (Å²) in [7, 11) is 0. The summed E-state index contributed by atoms with van der Waals surface area (Å²) >= 11 is 0. The maximum Gasteiger partial charge on any atom is 0.0947 e. The lowest BCUT2D eigenvalue weighted by Crippen LogP contribution is -2.51. The number of ether oxygens (including phenoxy) is 1. The average molecular weight is 213 g/mol. The molecule has 1 saturated heterocycles. The van der Waals surface area contributed by atoms with Crippen molar-refractivity contribution in [2.45, 2.75) is 39.3 Å². The lowest BCUT2D eigenvalue weighted by Gasteiger charge is -2.39. The van der Waals surface area contributed by atoms with Crippen molar-refractivity contribution in [1.82, 2.24) is 4.90 Å². The third kappa shape index (κ3) is 3.47. The quantitative estimate of drug-likeness (QED) is 0.542. The van der Waals surface area contributed by atoms with Gasteiger partial charge in [-0.3, -0.25) is 10.3 Å². The molecule has 0 amide bonds. The van der Waals surface area contributed by atoms with Crippen LogP contribution in [0.2, 0.25) is 0 Å². The molecule has 0 spiro atoms. The third-order valence-electron chi connectivity index (χ3n) is 3.09. The molecule has 3 atom stereocenters. The van der Waals surface area contributed by atoms with Crippen molar-refractivity contribution < 1.29 is 4.74 Å². The number of amidine groups is 1. The molecule has 0 aromatic carbocycles. The molecule has 1 rings (SSSR count). The molecule has 0 bridgehead atoms. The number of nitrogens with one attached hydrogen (secondary N) is 1. The van der Waals surface area contributed by atoms with E-state index in [4.69, 9.17) is 15.9 Å². The molecule has 4 heteroatoms. The van der Waals surface area contributed by atoms with Gasteiger partial charge >= 0.3 is 0 Å². The summed E-state index contributed by atoms with van der Waals surface area (Å²) < 4.78 is 5.63. The SMILES string of the molecule is CCC1COC(C)CN1CC(C)C(=N)N. The van der Waals surface area contributed by atoms with Crippen molar-refractivity contribution in [3.63, 3.8) is 0 Å². The second-order valence-electron chi connectivity index (χ2n) is 4.52. The Morgan fingerprint density at radius 1 is 1.67 bits per heavy atom. The van der Waals surface area contributed by atoms with Crippen molar-refractivity contribution in [1.29, 1.82) is 5.41 Å². The van der Waals surface area contributed by atoms with Crippen LogP contribution in [-0.2, 0) is 4.74 Å². The van der Waals surface area contributed by atoms with Crippen molar-refractivity contribution >= 4 is 5.84 Å². The maximum atomic E-state index is 7.41. The Bertz CT molecular complexity index is 220. The Kier molecular flexibility index (Phi) is 4.54. The fourth-order valence-corrected chi connectivity index (χ4v) is 1.96. The van der Waals surface area contributed by atoms with Crippen LogP contribution in [0.5, 0.6) is 0 Å². The van der Waals surface area contributed by atoms with Crippen molar-refractivity contribution in [2.24, 2.45) is 11.7 Å². The summed E-state index contributed by atoms with van der Waals surface area (Å²) in [6.07, 6.45) is 1.39. The molecule has 1 aliphatic rings. The monoisotopic (exact) mass is 213 g/mol. The van der Waals surface area contributed by atoms with Crippen LogP contribution in [0.4, 0.5) is 0 Å². The number of morpholine rings is 1. The second-order valence-corrected chi connectivity index (χ2v) is 4.52. The molecule has 1 heterocycles. The van der Waals surface area contributed by atoms with Crippen LogP contribution >= 0.6 is 0 Å². The predicted octanol–water partition coefficient (Wildman–Crippen LogP) is 1.06. The molecule has 1 fully saturated rings. The Morgan fingerprint density at radius 3 is 2.87 bits per heavy atom. The summed E-state index contributed by atoms with van der Waals surface area (Å²) in [6, 6.07) is 0.489. The molecule has 88 valence electrons. The summed E-state index contributed by atoms with van der Waals surface area (Å²) in [5.41, 5.74) is 5.50. The topological polar surface area (TPSA) is 62.3 Å². The zero-order chi connectivity index (χ0) is 11.4. The minimum Gasteiger partial charge on any atom is -0.387 e. The Balaban J connectivity index is 2.51. The number of hydrogen-bond donors (Lipinski definition) is 2. The van der Waals surface area contributed by atoms with Crippen LogP contribution in [0.3, 0.4) is 0 Å². The largest absolute Gasteiger partial charge is 0.387 e. The third-order valence-corrected chi connectivity index (χ3v) is 3.09. The van der Waals surface area contributed by atoms with Gasteiger partial charge in [0, 0.05) is 25.0 Å². The van der Waals surface area contributed by atoms with Crippen LogP contribution in [-0.4, -0.2) is 42.6 Å². The van der Waals surface area contributed by atoms with Gasteiger partial charge in [0.1, 0.15) is 0 Å². The van der Waals surface area contributed by atoms with Crippen molar-refractivity contribution in [2.75, 3.05) is 19.7 Å².